The molecule has 1 fully saturated rings. The predicted molar refractivity (Wildman–Crippen MR) is 158 cm³/mol. The highest BCUT2D eigenvalue weighted by Crippen LogP contribution is 2.50. The normalized spacial score (nSPS) is 17.7. The number of likely N-dealkylation sites (tertiary alicyclic amines) is 1. The summed E-state index contributed by atoms with van der Waals surface area (Å²) in [5.74, 6) is 2.76. The highest BCUT2D eigenvalue weighted by Gasteiger charge is 2.54. The van der Waals surface area contributed by atoms with Crippen molar-refractivity contribution in [3.63, 3.8) is 0 Å². The SMILES string of the molecule is COc1cc(CN2CC3(CN(C(=O)Nc4c(C)noc4C)C3)c3c(n(C)c4cc(OC)ccc34)[C@@H]2CO)cc(OC)c1. The number of fused-ring (bicyclic) bond motifs is 4. The second-order valence-corrected chi connectivity index (χ2v) is 11.3. The van der Waals surface area contributed by atoms with E-state index in [1.165, 1.54) is 5.56 Å². The quantitative estimate of drug-likeness (QED) is 0.338. The van der Waals surface area contributed by atoms with Crippen molar-refractivity contribution in [1.29, 1.82) is 0 Å². The van der Waals surface area contributed by atoms with Crippen LogP contribution in [0.1, 0.15) is 34.3 Å². The van der Waals surface area contributed by atoms with Crippen molar-refractivity contribution in [2.24, 2.45) is 7.05 Å². The number of aryl methyl sites for hydroxylation is 3. The van der Waals surface area contributed by atoms with Crippen molar-refractivity contribution in [3.8, 4) is 17.2 Å². The maximum atomic E-state index is 13.4. The molecule has 2 N–H and O–H groups in total. The Hall–Kier alpha value is -4.22. The Morgan fingerprint density at radius 1 is 1.05 bits per heavy atom. The number of aliphatic hydroxyl groups excluding tert-OH is 1. The van der Waals surface area contributed by atoms with Crippen molar-refractivity contribution >= 4 is 22.6 Å². The number of carbonyl (C=O) groups excluding carboxylic acids is 1. The number of hydrogen-bond donors (Lipinski definition) is 2. The number of hydrogen-bond acceptors (Lipinski definition) is 8. The number of anilines is 1. The minimum Gasteiger partial charge on any atom is -0.497 e. The number of aromatic nitrogens is 2. The summed E-state index contributed by atoms with van der Waals surface area (Å²) >= 11 is 0. The second-order valence-electron chi connectivity index (χ2n) is 11.3. The molecule has 4 heterocycles. The molecule has 0 radical (unpaired) electrons. The number of rotatable bonds is 7. The van der Waals surface area contributed by atoms with Gasteiger partial charge in [-0.1, -0.05) is 5.16 Å². The van der Waals surface area contributed by atoms with Crippen LogP contribution in [0.4, 0.5) is 10.5 Å². The van der Waals surface area contributed by atoms with Crippen LogP contribution < -0.4 is 19.5 Å². The number of benzene rings is 2. The topological polar surface area (TPSA) is 114 Å². The zero-order valence-corrected chi connectivity index (χ0v) is 24.9. The zero-order chi connectivity index (χ0) is 29.8. The highest BCUT2D eigenvalue weighted by atomic mass is 16.5. The van der Waals surface area contributed by atoms with Gasteiger partial charge < -0.3 is 38.6 Å². The average molecular weight is 576 g/mol. The number of nitrogens with zero attached hydrogens (tertiary/aromatic N) is 4. The van der Waals surface area contributed by atoms with Gasteiger partial charge in [0.2, 0.25) is 0 Å². The van der Waals surface area contributed by atoms with E-state index in [4.69, 9.17) is 18.7 Å². The number of methoxy groups -OCH3 is 3. The molecule has 2 amide bonds. The lowest BCUT2D eigenvalue weighted by atomic mass is 9.68. The van der Waals surface area contributed by atoms with Gasteiger partial charge in [0.05, 0.1) is 39.5 Å². The van der Waals surface area contributed by atoms with E-state index in [2.05, 4.69) is 26.0 Å². The number of nitrogens with one attached hydrogen (secondary N) is 1. The summed E-state index contributed by atoms with van der Waals surface area (Å²) in [5.41, 5.74) is 5.18. The van der Waals surface area contributed by atoms with Crippen molar-refractivity contribution in [2.75, 3.05) is 52.9 Å². The average Bonchev–Trinajstić information content (AvgIpc) is 3.45. The number of ether oxygens (including phenoxy) is 3. The van der Waals surface area contributed by atoms with E-state index >= 15 is 0 Å². The van der Waals surface area contributed by atoms with Crippen LogP contribution in [-0.2, 0) is 19.0 Å². The Morgan fingerprint density at radius 2 is 1.74 bits per heavy atom. The molecule has 2 aromatic carbocycles. The first kappa shape index (κ1) is 27.9. The van der Waals surface area contributed by atoms with Gasteiger partial charge in [0.1, 0.15) is 28.6 Å². The van der Waals surface area contributed by atoms with E-state index in [9.17, 15) is 9.90 Å². The van der Waals surface area contributed by atoms with E-state index in [1.807, 2.05) is 49.2 Å². The van der Waals surface area contributed by atoms with Crippen LogP contribution in [0.3, 0.4) is 0 Å². The van der Waals surface area contributed by atoms with Crippen LogP contribution in [-0.4, -0.2) is 78.2 Å². The lowest BCUT2D eigenvalue weighted by Gasteiger charge is -2.56. The Labute approximate surface area is 244 Å². The predicted octanol–water partition coefficient (Wildman–Crippen LogP) is 4.14. The second kappa shape index (κ2) is 10.6. The van der Waals surface area contributed by atoms with Gasteiger partial charge in [-0.2, -0.15) is 0 Å². The van der Waals surface area contributed by atoms with Gasteiger partial charge in [-0.15, -0.1) is 0 Å². The fourth-order valence-electron chi connectivity index (χ4n) is 6.75. The first-order chi connectivity index (χ1) is 20.2. The van der Waals surface area contributed by atoms with Crippen molar-refractivity contribution < 1.29 is 28.6 Å². The molecule has 0 unspecified atom stereocenters. The largest absolute Gasteiger partial charge is 0.497 e. The smallest absolute Gasteiger partial charge is 0.322 e. The third-order valence-corrected chi connectivity index (χ3v) is 8.75. The molecule has 0 saturated carbocycles. The molecule has 1 atom stereocenters. The first-order valence-electron chi connectivity index (χ1n) is 13.9. The summed E-state index contributed by atoms with van der Waals surface area (Å²) in [6, 6.07) is 11.5. The van der Waals surface area contributed by atoms with Gasteiger partial charge in [0.15, 0.2) is 5.76 Å². The van der Waals surface area contributed by atoms with Gasteiger partial charge in [0.25, 0.3) is 0 Å². The molecule has 2 aromatic heterocycles. The molecule has 2 aliphatic rings. The van der Waals surface area contributed by atoms with Crippen LogP contribution >= 0.6 is 0 Å². The third-order valence-electron chi connectivity index (χ3n) is 8.75. The molecule has 4 aromatic rings. The summed E-state index contributed by atoms with van der Waals surface area (Å²) in [5, 5.41) is 18.9. The van der Waals surface area contributed by atoms with Gasteiger partial charge >= 0.3 is 6.03 Å². The van der Waals surface area contributed by atoms with Crippen LogP contribution in [0, 0.1) is 13.8 Å². The molecule has 1 spiro atoms. The van der Waals surface area contributed by atoms with E-state index in [-0.39, 0.29) is 24.1 Å². The van der Waals surface area contributed by atoms with Crippen LogP contribution in [0.15, 0.2) is 40.9 Å². The number of carbonyl (C=O) groups is 1. The maximum Gasteiger partial charge on any atom is 0.322 e. The summed E-state index contributed by atoms with van der Waals surface area (Å²) in [7, 11) is 6.97. The number of aliphatic hydroxyl groups is 1. The third kappa shape index (κ3) is 4.44. The monoisotopic (exact) mass is 575 g/mol. The molecular formula is C31H37N5O6. The fourth-order valence-corrected chi connectivity index (χ4v) is 6.75. The molecule has 6 rings (SSSR count). The van der Waals surface area contributed by atoms with E-state index in [0.29, 0.717) is 54.8 Å². The van der Waals surface area contributed by atoms with Crippen molar-refractivity contribution in [1.82, 2.24) is 19.5 Å². The maximum absolute atomic E-state index is 13.4. The van der Waals surface area contributed by atoms with E-state index in [0.717, 1.165) is 27.9 Å². The Morgan fingerprint density at radius 3 is 2.33 bits per heavy atom. The van der Waals surface area contributed by atoms with Gasteiger partial charge in [-0.25, -0.2) is 4.79 Å². The molecule has 1 saturated heterocycles. The Balaban J connectivity index is 1.40. The number of urea groups is 1. The Kier molecular flexibility index (Phi) is 7.02. The van der Waals surface area contributed by atoms with Crippen LogP contribution in [0.2, 0.25) is 0 Å². The molecule has 11 nitrogen and oxygen atoms in total. The lowest BCUT2D eigenvalue weighted by molar-refractivity contribution is 0.0110. The first-order valence-corrected chi connectivity index (χ1v) is 13.9. The zero-order valence-electron chi connectivity index (χ0n) is 24.9. The lowest BCUT2D eigenvalue weighted by Crippen LogP contribution is -2.68. The van der Waals surface area contributed by atoms with Gasteiger partial charge in [0, 0.05) is 61.9 Å². The van der Waals surface area contributed by atoms with E-state index < -0.39 is 0 Å². The summed E-state index contributed by atoms with van der Waals surface area (Å²) < 4.78 is 24.0. The van der Waals surface area contributed by atoms with Crippen LogP contribution in [0.5, 0.6) is 17.2 Å². The molecule has 0 bridgehead atoms. The molecular weight excluding hydrogens is 538 g/mol. The molecule has 222 valence electrons. The minimum absolute atomic E-state index is 0.0538. The molecule has 42 heavy (non-hydrogen) atoms. The summed E-state index contributed by atoms with van der Waals surface area (Å²) in [4.78, 5) is 17.5. The Bertz CT molecular complexity index is 1610. The molecule has 2 aliphatic heterocycles. The molecule has 0 aliphatic carbocycles. The standard InChI is InChI=1S/C31H37N5O6/c1-18-28(19(2)42-33-18)32-30(38)36-16-31(17-36)15-35(13-20-9-22(40-5)11-23(10-20)41-6)26(14-37)29-27(31)24-8-7-21(39-4)12-25(24)34(29)3/h7-12,26,37H,13-17H2,1-6H3,(H,32,38)/t26-/m0/s1. The molecule has 11 heteroatoms. The fraction of sp³-hybridized carbons (Fsp3) is 0.419. The van der Waals surface area contributed by atoms with Gasteiger partial charge in [-0.3, -0.25) is 4.90 Å². The van der Waals surface area contributed by atoms with Crippen molar-refractivity contribution in [3.05, 3.63) is 64.7 Å². The summed E-state index contributed by atoms with van der Waals surface area (Å²) in [6.45, 7) is 5.81. The number of amides is 2. The van der Waals surface area contributed by atoms with Gasteiger partial charge in [-0.05, 0) is 49.2 Å². The van der Waals surface area contributed by atoms with Crippen LogP contribution in [0.25, 0.3) is 10.9 Å². The summed E-state index contributed by atoms with van der Waals surface area (Å²) in [6.07, 6.45) is 0. The van der Waals surface area contributed by atoms with Crippen molar-refractivity contribution in [2.45, 2.75) is 31.8 Å². The van der Waals surface area contributed by atoms with E-state index in [1.54, 1.807) is 28.3 Å². The minimum atomic E-state index is -0.339. The highest BCUT2D eigenvalue weighted by molar-refractivity contribution is 5.93.